The minimum Gasteiger partial charge on any atom is -0.326 e. The fourth-order valence-electron chi connectivity index (χ4n) is 2.96. The molecule has 0 unspecified atom stereocenters. The van der Waals surface area contributed by atoms with E-state index in [4.69, 9.17) is 5.73 Å². The summed E-state index contributed by atoms with van der Waals surface area (Å²) < 4.78 is 0. The molecule has 1 aliphatic rings. The van der Waals surface area contributed by atoms with E-state index in [2.05, 4.69) is 17.3 Å². The number of hydrogen-bond donors (Lipinski definition) is 2. The average Bonchev–Trinajstić information content (AvgIpc) is 3.02. The van der Waals surface area contributed by atoms with Gasteiger partial charge in [-0.05, 0) is 50.6 Å². The van der Waals surface area contributed by atoms with Gasteiger partial charge in [0.05, 0.1) is 0 Å². The molecule has 0 radical (unpaired) electrons. The summed E-state index contributed by atoms with van der Waals surface area (Å²) in [6, 6.07) is 8.44. The molecule has 0 atom stereocenters. The number of hydrogen-bond acceptors (Lipinski definition) is 3. The molecule has 1 fully saturated rings. The van der Waals surface area contributed by atoms with Crippen molar-refractivity contribution in [3.05, 3.63) is 29.8 Å². The molecule has 0 aliphatic heterocycles. The Labute approximate surface area is 127 Å². The molecular weight excluding hydrogens is 262 g/mol. The molecule has 0 saturated heterocycles. The van der Waals surface area contributed by atoms with Crippen LogP contribution in [0.5, 0.6) is 0 Å². The third-order valence-electron chi connectivity index (χ3n) is 4.34. The zero-order valence-corrected chi connectivity index (χ0v) is 13.0. The zero-order chi connectivity index (χ0) is 15.1. The van der Waals surface area contributed by atoms with Crippen LogP contribution in [-0.4, -0.2) is 30.4 Å². The van der Waals surface area contributed by atoms with E-state index < -0.39 is 0 Å². The molecule has 4 heteroatoms. The Bertz CT molecular complexity index is 438. The number of amides is 1. The van der Waals surface area contributed by atoms with E-state index in [-0.39, 0.29) is 5.91 Å². The van der Waals surface area contributed by atoms with Crippen molar-refractivity contribution >= 4 is 11.6 Å². The highest BCUT2D eigenvalue weighted by Crippen LogP contribution is 2.22. The smallest absolute Gasteiger partial charge is 0.224 e. The topological polar surface area (TPSA) is 58.4 Å². The lowest BCUT2D eigenvalue weighted by Gasteiger charge is -2.23. The summed E-state index contributed by atoms with van der Waals surface area (Å²) in [6.45, 7) is 1.53. The highest BCUT2D eigenvalue weighted by Gasteiger charge is 2.19. The molecule has 2 rings (SSSR count). The first-order chi connectivity index (χ1) is 10.2. The van der Waals surface area contributed by atoms with Gasteiger partial charge in [0.1, 0.15) is 0 Å². The van der Waals surface area contributed by atoms with Crippen LogP contribution < -0.4 is 11.1 Å². The predicted molar refractivity (Wildman–Crippen MR) is 87.1 cm³/mol. The second-order valence-corrected chi connectivity index (χ2v) is 5.97. The first-order valence-corrected chi connectivity index (χ1v) is 7.98. The molecule has 0 bridgehead atoms. The number of benzene rings is 1. The summed E-state index contributed by atoms with van der Waals surface area (Å²) in [5.41, 5.74) is 7.48. The van der Waals surface area contributed by atoms with Gasteiger partial charge in [-0.3, -0.25) is 4.79 Å². The summed E-state index contributed by atoms with van der Waals surface area (Å²) in [5.74, 6) is 0.0929. The Morgan fingerprint density at radius 3 is 2.57 bits per heavy atom. The number of carbonyl (C=O) groups is 1. The lowest BCUT2D eigenvalue weighted by Crippen LogP contribution is -2.30. The van der Waals surface area contributed by atoms with Gasteiger partial charge in [-0.1, -0.05) is 25.0 Å². The number of anilines is 1. The van der Waals surface area contributed by atoms with Crippen LogP contribution in [0, 0.1) is 0 Å². The maximum atomic E-state index is 11.9. The third-order valence-corrected chi connectivity index (χ3v) is 4.34. The van der Waals surface area contributed by atoms with Gasteiger partial charge in [-0.15, -0.1) is 0 Å². The molecule has 0 aromatic heterocycles. The summed E-state index contributed by atoms with van der Waals surface area (Å²) in [5, 5.41) is 2.94. The molecule has 4 nitrogen and oxygen atoms in total. The number of nitrogens with zero attached hydrogens (tertiary/aromatic N) is 1. The second kappa shape index (κ2) is 8.15. The molecule has 116 valence electrons. The Morgan fingerprint density at radius 2 is 1.95 bits per heavy atom. The van der Waals surface area contributed by atoms with Crippen LogP contribution in [0.4, 0.5) is 5.69 Å². The SMILES string of the molecule is CN(CCCC(=O)Nc1ccc(CN)cc1)C1CCCC1. The molecule has 0 heterocycles. The van der Waals surface area contributed by atoms with Crippen molar-refractivity contribution < 1.29 is 4.79 Å². The number of rotatable bonds is 7. The Kier molecular flexibility index (Phi) is 6.21. The van der Waals surface area contributed by atoms with Crippen LogP contribution in [0.15, 0.2) is 24.3 Å². The minimum absolute atomic E-state index is 0.0929. The van der Waals surface area contributed by atoms with Crippen LogP contribution in [-0.2, 0) is 11.3 Å². The standard InChI is InChI=1S/C17H27N3O/c1-20(16-5-2-3-6-16)12-4-7-17(21)19-15-10-8-14(13-18)9-11-15/h8-11,16H,2-7,12-13,18H2,1H3,(H,19,21). The maximum absolute atomic E-state index is 11.9. The normalized spacial score (nSPS) is 15.6. The van der Waals surface area contributed by atoms with Gasteiger partial charge >= 0.3 is 0 Å². The lowest BCUT2D eigenvalue weighted by molar-refractivity contribution is -0.116. The van der Waals surface area contributed by atoms with Crippen molar-refractivity contribution in [1.82, 2.24) is 4.90 Å². The van der Waals surface area contributed by atoms with Crippen molar-refractivity contribution in [1.29, 1.82) is 0 Å². The van der Waals surface area contributed by atoms with Crippen LogP contribution in [0.3, 0.4) is 0 Å². The first-order valence-electron chi connectivity index (χ1n) is 7.98. The summed E-state index contributed by atoms with van der Waals surface area (Å²) in [6.07, 6.45) is 6.84. The van der Waals surface area contributed by atoms with Gasteiger partial charge < -0.3 is 16.0 Å². The average molecular weight is 289 g/mol. The molecule has 21 heavy (non-hydrogen) atoms. The number of nitrogens with one attached hydrogen (secondary N) is 1. The monoisotopic (exact) mass is 289 g/mol. The van der Waals surface area contributed by atoms with Gasteiger partial charge in [0.15, 0.2) is 0 Å². The van der Waals surface area contributed by atoms with Crippen LogP contribution in [0.2, 0.25) is 0 Å². The molecule has 3 N–H and O–H groups in total. The summed E-state index contributed by atoms with van der Waals surface area (Å²) in [4.78, 5) is 14.3. The molecule has 1 aromatic carbocycles. The maximum Gasteiger partial charge on any atom is 0.224 e. The van der Waals surface area contributed by atoms with Crippen LogP contribution in [0.1, 0.15) is 44.1 Å². The summed E-state index contributed by atoms with van der Waals surface area (Å²) in [7, 11) is 2.18. The fraction of sp³-hybridized carbons (Fsp3) is 0.588. The molecule has 0 spiro atoms. The third kappa shape index (κ3) is 5.14. The fourth-order valence-corrected chi connectivity index (χ4v) is 2.96. The van der Waals surface area contributed by atoms with E-state index in [0.29, 0.717) is 13.0 Å². The van der Waals surface area contributed by atoms with Gasteiger partial charge in [-0.2, -0.15) is 0 Å². The van der Waals surface area contributed by atoms with E-state index in [9.17, 15) is 4.79 Å². The van der Waals surface area contributed by atoms with Crippen LogP contribution in [0.25, 0.3) is 0 Å². The van der Waals surface area contributed by atoms with E-state index in [1.807, 2.05) is 24.3 Å². The molecule has 1 amide bonds. The van der Waals surface area contributed by atoms with Crippen molar-refractivity contribution in [2.24, 2.45) is 5.73 Å². The highest BCUT2D eigenvalue weighted by atomic mass is 16.1. The minimum atomic E-state index is 0.0929. The summed E-state index contributed by atoms with van der Waals surface area (Å²) >= 11 is 0. The van der Waals surface area contributed by atoms with Gasteiger partial charge in [0.25, 0.3) is 0 Å². The first kappa shape index (κ1) is 16.0. The molecular formula is C17H27N3O. The lowest BCUT2D eigenvalue weighted by atomic mass is 10.2. The van der Waals surface area contributed by atoms with Crippen molar-refractivity contribution in [3.8, 4) is 0 Å². The van der Waals surface area contributed by atoms with Crippen LogP contribution >= 0.6 is 0 Å². The van der Waals surface area contributed by atoms with Crippen molar-refractivity contribution in [3.63, 3.8) is 0 Å². The quantitative estimate of drug-likeness (QED) is 0.811. The van der Waals surface area contributed by atoms with E-state index in [1.165, 1.54) is 25.7 Å². The van der Waals surface area contributed by atoms with Crippen molar-refractivity contribution in [2.75, 3.05) is 18.9 Å². The highest BCUT2D eigenvalue weighted by molar-refractivity contribution is 5.90. The zero-order valence-electron chi connectivity index (χ0n) is 13.0. The number of nitrogens with two attached hydrogens (primary N) is 1. The number of carbonyl (C=O) groups excluding carboxylic acids is 1. The predicted octanol–water partition coefficient (Wildman–Crippen LogP) is 2.74. The van der Waals surface area contributed by atoms with Gasteiger partial charge in [0.2, 0.25) is 5.91 Å². The van der Waals surface area contributed by atoms with Gasteiger partial charge in [0, 0.05) is 24.7 Å². The van der Waals surface area contributed by atoms with E-state index in [0.717, 1.165) is 30.3 Å². The molecule has 1 aromatic rings. The Hall–Kier alpha value is -1.39. The van der Waals surface area contributed by atoms with E-state index >= 15 is 0 Å². The van der Waals surface area contributed by atoms with Gasteiger partial charge in [-0.25, -0.2) is 0 Å². The largest absolute Gasteiger partial charge is 0.326 e. The second-order valence-electron chi connectivity index (χ2n) is 5.97. The Balaban J connectivity index is 1.66. The molecule has 1 saturated carbocycles. The Morgan fingerprint density at radius 1 is 1.29 bits per heavy atom. The molecule has 1 aliphatic carbocycles. The van der Waals surface area contributed by atoms with Crippen molar-refractivity contribution in [2.45, 2.75) is 51.1 Å². The van der Waals surface area contributed by atoms with E-state index in [1.54, 1.807) is 0 Å².